The van der Waals surface area contributed by atoms with E-state index in [1.807, 2.05) is 0 Å². The number of nitrogens with zero attached hydrogens (tertiary/aromatic N) is 4. The monoisotopic (exact) mass is 274 g/mol. The minimum atomic E-state index is 0.502. The Morgan fingerprint density at radius 2 is 2.10 bits per heavy atom. The fourth-order valence-electron chi connectivity index (χ4n) is 2.66. The highest BCUT2D eigenvalue weighted by atomic mass is 16.5. The summed E-state index contributed by atoms with van der Waals surface area (Å²) >= 11 is 0. The van der Waals surface area contributed by atoms with Gasteiger partial charge in [-0.2, -0.15) is 5.26 Å². The Morgan fingerprint density at radius 3 is 2.90 bits per heavy atom. The van der Waals surface area contributed by atoms with E-state index in [2.05, 4.69) is 20.9 Å². The first-order valence-electron chi connectivity index (χ1n) is 7.30. The molecule has 1 heterocycles. The largest absolute Gasteiger partial charge is 0.383 e. The van der Waals surface area contributed by atoms with Crippen molar-refractivity contribution >= 4 is 5.82 Å². The molecule has 5 nitrogen and oxygen atoms in total. The summed E-state index contributed by atoms with van der Waals surface area (Å²) in [6.07, 6.45) is 7.91. The fraction of sp³-hybridized carbons (Fsp3) is 0.667. The van der Waals surface area contributed by atoms with Gasteiger partial charge < -0.3 is 9.64 Å². The minimum absolute atomic E-state index is 0.502. The Hall–Kier alpha value is -1.67. The van der Waals surface area contributed by atoms with Crippen molar-refractivity contribution < 1.29 is 4.74 Å². The molecule has 0 saturated heterocycles. The third-order valence-electron chi connectivity index (χ3n) is 3.71. The smallest absolute Gasteiger partial charge is 0.135 e. The van der Waals surface area contributed by atoms with Crippen LogP contribution in [-0.2, 0) is 17.6 Å². The molecule has 0 aromatic carbocycles. The van der Waals surface area contributed by atoms with Gasteiger partial charge in [0.25, 0.3) is 0 Å². The molecule has 5 heteroatoms. The van der Waals surface area contributed by atoms with Gasteiger partial charge in [0.15, 0.2) is 0 Å². The number of rotatable bonds is 6. The Labute approximate surface area is 120 Å². The molecule has 0 unspecified atom stereocenters. The van der Waals surface area contributed by atoms with Crippen molar-refractivity contribution in [2.75, 3.05) is 31.7 Å². The summed E-state index contributed by atoms with van der Waals surface area (Å²) in [6, 6.07) is 2.21. The Balaban J connectivity index is 2.24. The first-order valence-corrected chi connectivity index (χ1v) is 7.30. The highest BCUT2D eigenvalue weighted by Crippen LogP contribution is 2.26. The number of aryl methyl sites for hydroxylation is 1. The summed E-state index contributed by atoms with van der Waals surface area (Å²) in [6.45, 7) is 2.11. The van der Waals surface area contributed by atoms with E-state index in [9.17, 15) is 0 Å². The van der Waals surface area contributed by atoms with Gasteiger partial charge in [0.1, 0.15) is 12.1 Å². The van der Waals surface area contributed by atoms with Crippen LogP contribution in [0.3, 0.4) is 0 Å². The number of hydrogen-bond donors (Lipinski definition) is 0. The summed E-state index contributed by atoms with van der Waals surface area (Å²) in [5.41, 5.74) is 2.46. The molecule has 2 rings (SSSR count). The van der Waals surface area contributed by atoms with Gasteiger partial charge in [-0.25, -0.2) is 9.97 Å². The average Bonchev–Trinajstić information content (AvgIpc) is 2.73. The lowest BCUT2D eigenvalue weighted by Gasteiger charge is -2.25. The van der Waals surface area contributed by atoms with Crippen molar-refractivity contribution in [1.29, 1.82) is 5.26 Å². The van der Waals surface area contributed by atoms with Crippen LogP contribution in [0.15, 0.2) is 6.33 Å². The zero-order chi connectivity index (χ0) is 14.2. The van der Waals surface area contributed by atoms with E-state index >= 15 is 0 Å². The van der Waals surface area contributed by atoms with Crippen LogP contribution in [0.25, 0.3) is 0 Å². The van der Waals surface area contributed by atoms with Gasteiger partial charge in [0.2, 0.25) is 0 Å². The second-order valence-electron chi connectivity index (χ2n) is 5.07. The maximum Gasteiger partial charge on any atom is 0.135 e. The summed E-state index contributed by atoms with van der Waals surface area (Å²) in [7, 11) is 1.70. The van der Waals surface area contributed by atoms with Crippen LogP contribution in [0.5, 0.6) is 0 Å². The number of nitriles is 1. The van der Waals surface area contributed by atoms with Crippen LogP contribution in [0.1, 0.15) is 36.9 Å². The van der Waals surface area contributed by atoms with Crippen molar-refractivity contribution in [3.8, 4) is 6.07 Å². The fourth-order valence-corrected chi connectivity index (χ4v) is 2.66. The Bertz CT molecular complexity index is 469. The third-order valence-corrected chi connectivity index (χ3v) is 3.71. The van der Waals surface area contributed by atoms with Crippen LogP contribution in [-0.4, -0.2) is 36.8 Å². The van der Waals surface area contributed by atoms with Gasteiger partial charge >= 0.3 is 0 Å². The van der Waals surface area contributed by atoms with Crippen molar-refractivity contribution in [3.63, 3.8) is 0 Å². The summed E-state index contributed by atoms with van der Waals surface area (Å²) < 4.78 is 5.17. The summed E-state index contributed by atoms with van der Waals surface area (Å²) in [5.74, 6) is 1.00. The van der Waals surface area contributed by atoms with Crippen LogP contribution in [0.2, 0.25) is 0 Å². The van der Waals surface area contributed by atoms with Gasteiger partial charge in [-0.3, -0.25) is 0 Å². The van der Waals surface area contributed by atoms with Crippen LogP contribution in [0.4, 0.5) is 5.82 Å². The molecule has 0 N–H and O–H groups in total. The first kappa shape index (κ1) is 14.7. The van der Waals surface area contributed by atoms with E-state index in [0.717, 1.165) is 25.2 Å². The molecule has 1 aromatic heterocycles. The summed E-state index contributed by atoms with van der Waals surface area (Å²) in [4.78, 5) is 11.1. The normalized spacial score (nSPS) is 14.2. The van der Waals surface area contributed by atoms with E-state index in [1.54, 1.807) is 13.4 Å². The molecule has 0 radical (unpaired) electrons. The number of aromatic nitrogens is 2. The quantitative estimate of drug-likeness (QED) is 0.743. The van der Waals surface area contributed by atoms with Crippen LogP contribution < -0.4 is 4.90 Å². The van der Waals surface area contributed by atoms with E-state index < -0.39 is 0 Å². The second kappa shape index (κ2) is 7.81. The van der Waals surface area contributed by atoms with Gasteiger partial charge in [0, 0.05) is 31.5 Å². The molecule has 0 spiro atoms. The predicted octanol–water partition coefficient (Wildman–Crippen LogP) is 2.11. The van der Waals surface area contributed by atoms with Crippen LogP contribution in [0, 0.1) is 11.3 Å². The molecule has 108 valence electrons. The lowest BCUT2D eigenvalue weighted by atomic mass is 10.1. The van der Waals surface area contributed by atoms with E-state index in [-0.39, 0.29) is 0 Å². The lowest BCUT2D eigenvalue weighted by Crippen LogP contribution is -2.30. The summed E-state index contributed by atoms with van der Waals surface area (Å²) in [5, 5.41) is 8.83. The molecular weight excluding hydrogens is 252 g/mol. The number of anilines is 1. The highest BCUT2D eigenvalue weighted by Gasteiger charge is 2.18. The topological polar surface area (TPSA) is 62.0 Å². The number of fused-ring (bicyclic) bond motifs is 1. The Kier molecular flexibility index (Phi) is 5.75. The van der Waals surface area contributed by atoms with Crippen molar-refractivity contribution in [1.82, 2.24) is 9.97 Å². The predicted molar refractivity (Wildman–Crippen MR) is 77.6 cm³/mol. The van der Waals surface area contributed by atoms with Gasteiger partial charge in [-0.1, -0.05) is 6.42 Å². The molecule has 20 heavy (non-hydrogen) atoms. The molecular formula is C15H22N4O. The number of ether oxygens (including phenoxy) is 1. The molecule has 1 aromatic rings. The van der Waals surface area contributed by atoms with E-state index in [0.29, 0.717) is 19.6 Å². The first-order chi connectivity index (χ1) is 9.86. The second-order valence-corrected chi connectivity index (χ2v) is 5.07. The van der Waals surface area contributed by atoms with E-state index in [4.69, 9.17) is 10.00 Å². The zero-order valence-electron chi connectivity index (χ0n) is 12.1. The molecule has 0 fully saturated rings. The van der Waals surface area contributed by atoms with Gasteiger partial charge in [0.05, 0.1) is 19.1 Å². The van der Waals surface area contributed by atoms with Crippen molar-refractivity contribution in [2.45, 2.75) is 38.5 Å². The maximum atomic E-state index is 8.83. The van der Waals surface area contributed by atoms with Crippen molar-refractivity contribution in [2.24, 2.45) is 0 Å². The lowest BCUT2D eigenvalue weighted by molar-refractivity contribution is 0.205. The molecule has 0 amide bonds. The van der Waals surface area contributed by atoms with Gasteiger partial charge in [-0.15, -0.1) is 0 Å². The highest BCUT2D eigenvalue weighted by molar-refractivity contribution is 5.49. The SMILES string of the molecule is COCCN(CCC#N)c1ncnc2c1CCCCC2. The minimum Gasteiger partial charge on any atom is -0.383 e. The molecule has 1 aliphatic rings. The zero-order valence-corrected chi connectivity index (χ0v) is 12.1. The average molecular weight is 274 g/mol. The number of hydrogen-bond acceptors (Lipinski definition) is 5. The van der Waals surface area contributed by atoms with Gasteiger partial charge in [-0.05, 0) is 25.7 Å². The van der Waals surface area contributed by atoms with Crippen LogP contribution >= 0.6 is 0 Å². The molecule has 0 atom stereocenters. The number of methoxy groups -OCH3 is 1. The van der Waals surface area contributed by atoms with E-state index in [1.165, 1.54) is 30.5 Å². The Morgan fingerprint density at radius 1 is 1.25 bits per heavy atom. The molecule has 0 bridgehead atoms. The molecule has 1 aliphatic carbocycles. The maximum absolute atomic E-state index is 8.83. The standard InChI is InChI=1S/C15H22N4O/c1-20-11-10-19(9-5-8-16)15-13-6-3-2-4-7-14(13)17-12-18-15/h12H,2-7,9-11H2,1H3. The third kappa shape index (κ3) is 3.67. The molecule has 0 saturated carbocycles. The molecule has 0 aliphatic heterocycles. The van der Waals surface area contributed by atoms with Crippen molar-refractivity contribution in [3.05, 3.63) is 17.6 Å².